The summed E-state index contributed by atoms with van der Waals surface area (Å²) in [7, 11) is 1.65. The number of carbonyl (C=O) groups excluding carboxylic acids is 2. The largest absolute Gasteiger partial charge is 0.335 e. The molecule has 6 heteroatoms. The summed E-state index contributed by atoms with van der Waals surface area (Å²) >= 11 is 6.08. The quantitative estimate of drug-likeness (QED) is 0.903. The van der Waals surface area contributed by atoms with Gasteiger partial charge in [0.2, 0.25) is 11.8 Å². The molecular formula is C16H22ClN3O2. The lowest BCUT2D eigenvalue weighted by Crippen LogP contribution is -2.41. The van der Waals surface area contributed by atoms with Crippen molar-refractivity contribution in [2.45, 2.75) is 19.8 Å². The molecule has 1 fully saturated rings. The van der Waals surface area contributed by atoms with Crippen LogP contribution in [0.2, 0.25) is 5.02 Å². The van der Waals surface area contributed by atoms with E-state index in [-0.39, 0.29) is 18.4 Å². The Bertz CT molecular complexity index is 536. The van der Waals surface area contributed by atoms with E-state index in [4.69, 9.17) is 11.6 Å². The fraction of sp³-hybridized carbons (Fsp3) is 0.500. The van der Waals surface area contributed by atoms with Crippen LogP contribution >= 0.6 is 11.6 Å². The van der Waals surface area contributed by atoms with Crippen LogP contribution in [0.4, 0.5) is 5.69 Å². The van der Waals surface area contributed by atoms with Gasteiger partial charge >= 0.3 is 0 Å². The molecule has 0 saturated carbocycles. The molecule has 2 amide bonds. The Balaban J connectivity index is 1.86. The standard InChI is InChI=1S/C16H22ClN3O2/c1-12-6-5-7-13(17)16(12)18-14(21)10-19(2)15(22)11-20-8-3-4-9-20/h5-7H,3-4,8-11H2,1-2H3,(H,18,21). The Kier molecular flexibility index (Phi) is 5.80. The average Bonchev–Trinajstić information content (AvgIpc) is 2.96. The van der Waals surface area contributed by atoms with E-state index in [1.165, 1.54) is 4.90 Å². The normalized spacial score (nSPS) is 14.9. The molecule has 1 aliphatic heterocycles. The number of hydrogen-bond donors (Lipinski definition) is 1. The highest BCUT2D eigenvalue weighted by Gasteiger charge is 2.19. The minimum atomic E-state index is -0.242. The Morgan fingerprint density at radius 2 is 2.00 bits per heavy atom. The van der Waals surface area contributed by atoms with E-state index < -0.39 is 0 Å². The Morgan fingerprint density at radius 3 is 2.64 bits per heavy atom. The third-order valence-corrected chi connectivity index (χ3v) is 4.17. The molecule has 1 heterocycles. The van der Waals surface area contributed by atoms with E-state index in [1.54, 1.807) is 13.1 Å². The molecule has 22 heavy (non-hydrogen) atoms. The zero-order valence-electron chi connectivity index (χ0n) is 13.1. The molecule has 5 nitrogen and oxygen atoms in total. The van der Waals surface area contributed by atoms with Crippen LogP contribution in [0.1, 0.15) is 18.4 Å². The molecule has 0 bridgehead atoms. The third-order valence-electron chi connectivity index (χ3n) is 3.85. The summed E-state index contributed by atoms with van der Waals surface area (Å²) in [6.45, 7) is 4.21. The van der Waals surface area contributed by atoms with Crippen molar-refractivity contribution in [3.63, 3.8) is 0 Å². The number of halogens is 1. The number of nitrogens with zero attached hydrogens (tertiary/aromatic N) is 2. The lowest BCUT2D eigenvalue weighted by atomic mass is 10.2. The number of para-hydroxylation sites is 1. The minimum Gasteiger partial charge on any atom is -0.335 e. The van der Waals surface area contributed by atoms with Gasteiger partial charge in [0.1, 0.15) is 0 Å². The number of rotatable bonds is 5. The highest BCUT2D eigenvalue weighted by Crippen LogP contribution is 2.25. The summed E-state index contributed by atoms with van der Waals surface area (Å²) in [5.41, 5.74) is 1.50. The van der Waals surface area contributed by atoms with Crippen molar-refractivity contribution in [3.05, 3.63) is 28.8 Å². The third kappa shape index (κ3) is 4.45. The van der Waals surface area contributed by atoms with Crippen molar-refractivity contribution in [1.82, 2.24) is 9.80 Å². The summed E-state index contributed by atoms with van der Waals surface area (Å²) < 4.78 is 0. The van der Waals surface area contributed by atoms with Crippen LogP contribution in [0.3, 0.4) is 0 Å². The summed E-state index contributed by atoms with van der Waals surface area (Å²) in [5.74, 6) is -0.276. The second kappa shape index (κ2) is 7.61. The molecule has 0 unspecified atom stereocenters. The molecule has 0 aromatic heterocycles. The lowest BCUT2D eigenvalue weighted by Gasteiger charge is -2.21. The number of anilines is 1. The Hall–Kier alpha value is -1.59. The van der Waals surface area contributed by atoms with Gasteiger partial charge in [-0.15, -0.1) is 0 Å². The molecular weight excluding hydrogens is 302 g/mol. The zero-order chi connectivity index (χ0) is 16.1. The molecule has 1 aromatic rings. The second-order valence-electron chi connectivity index (χ2n) is 5.71. The number of likely N-dealkylation sites (N-methyl/N-ethyl adjacent to an activating group) is 1. The molecule has 2 rings (SSSR count). The van der Waals surface area contributed by atoms with Crippen LogP contribution in [-0.2, 0) is 9.59 Å². The van der Waals surface area contributed by atoms with Crippen LogP contribution < -0.4 is 5.32 Å². The summed E-state index contributed by atoms with van der Waals surface area (Å²) in [4.78, 5) is 27.8. The zero-order valence-corrected chi connectivity index (χ0v) is 13.8. The van der Waals surface area contributed by atoms with E-state index in [9.17, 15) is 9.59 Å². The maximum absolute atomic E-state index is 12.1. The van der Waals surface area contributed by atoms with E-state index in [1.807, 2.05) is 19.1 Å². The van der Waals surface area contributed by atoms with E-state index in [2.05, 4.69) is 10.2 Å². The first-order valence-electron chi connectivity index (χ1n) is 7.48. The maximum Gasteiger partial charge on any atom is 0.244 e. The molecule has 1 N–H and O–H groups in total. The average molecular weight is 324 g/mol. The van der Waals surface area contributed by atoms with Crippen LogP contribution in [0.5, 0.6) is 0 Å². The van der Waals surface area contributed by atoms with Gasteiger partial charge in [0.15, 0.2) is 0 Å². The van der Waals surface area contributed by atoms with Gasteiger partial charge in [-0.05, 0) is 44.5 Å². The fourth-order valence-electron chi connectivity index (χ4n) is 2.53. The maximum atomic E-state index is 12.1. The SMILES string of the molecule is Cc1cccc(Cl)c1NC(=O)CN(C)C(=O)CN1CCCC1. The highest BCUT2D eigenvalue weighted by molar-refractivity contribution is 6.33. The van der Waals surface area contributed by atoms with Crippen molar-refractivity contribution in [2.75, 3.05) is 38.5 Å². The van der Waals surface area contributed by atoms with E-state index >= 15 is 0 Å². The van der Waals surface area contributed by atoms with Gasteiger partial charge in [-0.1, -0.05) is 23.7 Å². The molecule has 1 aromatic carbocycles. The van der Waals surface area contributed by atoms with Gasteiger partial charge < -0.3 is 10.2 Å². The molecule has 0 radical (unpaired) electrons. The number of aryl methyl sites for hydroxylation is 1. The van der Waals surface area contributed by atoms with Crippen molar-refractivity contribution in [1.29, 1.82) is 0 Å². The van der Waals surface area contributed by atoms with Gasteiger partial charge in [0.25, 0.3) is 0 Å². The van der Waals surface area contributed by atoms with Gasteiger partial charge in [0, 0.05) is 7.05 Å². The summed E-state index contributed by atoms with van der Waals surface area (Å²) in [6.07, 6.45) is 2.28. The molecule has 120 valence electrons. The van der Waals surface area contributed by atoms with Crippen LogP contribution in [-0.4, -0.2) is 54.8 Å². The Morgan fingerprint density at radius 1 is 1.32 bits per heavy atom. The highest BCUT2D eigenvalue weighted by atomic mass is 35.5. The van der Waals surface area contributed by atoms with Gasteiger partial charge in [0.05, 0.1) is 23.8 Å². The first-order valence-corrected chi connectivity index (χ1v) is 7.86. The van der Waals surface area contributed by atoms with Gasteiger partial charge in [-0.25, -0.2) is 0 Å². The molecule has 0 spiro atoms. The molecule has 0 atom stereocenters. The van der Waals surface area contributed by atoms with Crippen LogP contribution in [0.15, 0.2) is 18.2 Å². The first-order chi connectivity index (χ1) is 10.5. The number of carbonyl (C=O) groups is 2. The van der Waals surface area contributed by atoms with Gasteiger partial charge in [-0.3, -0.25) is 14.5 Å². The number of benzene rings is 1. The van der Waals surface area contributed by atoms with Crippen molar-refractivity contribution in [3.8, 4) is 0 Å². The number of hydrogen-bond acceptors (Lipinski definition) is 3. The molecule has 1 saturated heterocycles. The number of nitrogens with one attached hydrogen (secondary N) is 1. The lowest BCUT2D eigenvalue weighted by molar-refractivity contribution is -0.134. The summed E-state index contributed by atoms with van der Waals surface area (Å²) in [6, 6.07) is 5.44. The minimum absolute atomic E-state index is 0.0251. The second-order valence-corrected chi connectivity index (χ2v) is 6.12. The van der Waals surface area contributed by atoms with Crippen molar-refractivity contribution >= 4 is 29.1 Å². The molecule has 1 aliphatic rings. The van der Waals surface area contributed by atoms with Crippen LogP contribution in [0, 0.1) is 6.92 Å². The number of likely N-dealkylation sites (tertiary alicyclic amines) is 1. The predicted octanol–water partition coefficient (Wildman–Crippen LogP) is 2.14. The summed E-state index contributed by atoms with van der Waals surface area (Å²) in [5, 5.41) is 3.28. The fourth-order valence-corrected chi connectivity index (χ4v) is 2.79. The predicted molar refractivity (Wildman–Crippen MR) is 88.1 cm³/mol. The topological polar surface area (TPSA) is 52.7 Å². The smallest absolute Gasteiger partial charge is 0.244 e. The van der Waals surface area contributed by atoms with E-state index in [0.717, 1.165) is 31.5 Å². The Labute approximate surface area is 136 Å². The van der Waals surface area contributed by atoms with Crippen LogP contribution in [0.25, 0.3) is 0 Å². The van der Waals surface area contributed by atoms with Crippen molar-refractivity contribution < 1.29 is 9.59 Å². The monoisotopic (exact) mass is 323 g/mol. The van der Waals surface area contributed by atoms with E-state index in [0.29, 0.717) is 17.3 Å². The molecule has 0 aliphatic carbocycles. The van der Waals surface area contributed by atoms with Gasteiger partial charge in [-0.2, -0.15) is 0 Å². The first kappa shape index (κ1) is 16.8. The van der Waals surface area contributed by atoms with Crippen molar-refractivity contribution in [2.24, 2.45) is 0 Å². The number of amides is 2.